The lowest BCUT2D eigenvalue weighted by Gasteiger charge is -2.01. The molecule has 3 N–H and O–H groups in total. The van der Waals surface area contributed by atoms with Crippen molar-refractivity contribution in [2.75, 3.05) is 6.61 Å². The molecule has 4 nitrogen and oxygen atoms in total. The molecular weight excluding hydrogens is 214 g/mol. The Morgan fingerprint density at radius 2 is 2.18 bits per heavy atom. The van der Waals surface area contributed by atoms with Crippen LogP contribution in [0.25, 0.3) is 11.0 Å². The standard InChI is InChI=1S/C13H19N3O/c1-16-12-6-5-10(9-14)8-11(12)15-13(16)4-2-3-7-17/h5-6,8,17H,2-4,7,9,14H2,1H3. The van der Waals surface area contributed by atoms with E-state index in [0.29, 0.717) is 6.54 Å². The van der Waals surface area contributed by atoms with E-state index < -0.39 is 0 Å². The van der Waals surface area contributed by atoms with Crippen LogP contribution in [0.4, 0.5) is 0 Å². The lowest BCUT2D eigenvalue weighted by Crippen LogP contribution is -1.98. The van der Waals surface area contributed by atoms with Crippen LogP contribution >= 0.6 is 0 Å². The quantitative estimate of drug-likeness (QED) is 0.766. The zero-order chi connectivity index (χ0) is 12.3. The van der Waals surface area contributed by atoms with Crippen molar-refractivity contribution in [2.45, 2.75) is 25.8 Å². The number of rotatable bonds is 5. The summed E-state index contributed by atoms with van der Waals surface area (Å²) in [7, 11) is 2.03. The maximum Gasteiger partial charge on any atom is 0.109 e. The van der Waals surface area contributed by atoms with Crippen LogP contribution in [0, 0.1) is 0 Å². The lowest BCUT2D eigenvalue weighted by atomic mass is 10.2. The molecular formula is C13H19N3O. The van der Waals surface area contributed by atoms with E-state index in [0.717, 1.165) is 41.7 Å². The van der Waals surface area contributed by atoms with E-state index in [1.165, 1.54) is 0 Å². The number of aryl methyl sites for hydroxylation is 2. The molecule has 1 aromatic heterocycles. The molecule has 17 heavy (non-hydrogen) atoms. The SMILES string of the molecule is Cn1c(CCCCO)nc2cc(CN)ccc21. The first-order chi connectivity index (χ1) is 8.26. The second-order valence-corrected chi connectivity index (χ2v) is 4.29. The largest absolute Gasteiger partial charge is 0.396 e. The van der Waals surface area contributed by atoms with Crippen LogP contribution in [0.3, 0.4) is 0 Å². The number of aromatic nitrogens is 2. The highest BCUT2D eigenvalue weighted by atomic mass is 16.2. The third-order valence-corrected chi connectivity index (χ3v) is 3.08. The molecule has 0 unspecified atom stereocenters. The highest BCUT2D eigenvalue weighted by Crippen LogP contribution is 2.17. The first kappa shape index (κ1) is 12.1. The number of nitrogens with zero attached hydrogens (tertiary/aromatic N) is 2. The average molecular weight is 233 g/mol. The molecule has 0 aliphatic rings. The van der Waals surface area contributed by atoms with Crippen molar-refractivity contribution in [1.82, 2.24) is 9.55 Å². The molecule has 0 spiro atoms. The maximum atomic E-state index is 8.78. The van der Waals surface area contributed by atoms with Crippen LogP contribution in [0.15, 0.2) is 18.2 Å². The molecule has 0 atom stereocenters. The molecule has 0 bridgehead atoms. The number of benzene rings is 1. The molecule has 0 aliphatic heterocycles. The Kier molecular flexibility index (Phi) is 3.76. The number of hydrogen-bond donors (Lipinski definition) is 2. The van der Waals surface area contributed by atoms with E-state index in [4.69, 9.17) is 10.8 Å². The zero-order valence-corrected chi connectivity index (χ0v) is 10.2. The van der Waals surface area contributed by atoms with Crippen LogP contribution < -0.4 is 5.73 Å². The summed E-state index contributed by atoms with van der Waals surface area (Å²) in [6.07, 6.45) is 2.71. The highest BCUT2D eigenvalue weighted by Gasteiger charge is 2.07. The summed E-state index contributed by atoms with van der Waals surface area (Å²) in [6, 6.07) is 6.16. The summed E-state index contributed by atoms with van der Waals surface area (Å²) in [5, 5.41) is 8.78. The molecule has 1 aromatic carbocycles. The van der Waals surface area contributed by atoms with Gasteiger partial charge < -0.3 is 15.4 Å². The second kappa shape index (κ2) is 5.29. The monoisotopic (exact) mass is 233 g/mol. The van der Waals surface area contributed by atoms with E-state index in [-0.39, 0.29) is 6.61 Å². The fraction of sp³-hybridized carbons (Fsp3) is 0.462. The minimum absolute atomic E-state index is 0.251. The Morgan fingerprint density at radius 1 is 1.35 bits per heavy atom. The van der Waals surface area contributed by atoms with Crippen LogP contribution in [-0.2, 0) is 20.0 Å². The average Bonchev–Trinajstić information content (AvgIpc) is 2.66. The summed E-state index contributed by atoms with van der Waals surface area (Å²) in [4.78, 5) is 4.62. The molecule has 4 heteroatoms. The number of hydrogen-bond acceptors (Lipinski definition) is 3. The predicted molar refractivity (Wildman–Crippen MR) is 68.6 cm³/mol. The Balaban J connectivity index is 2.28. The first-order valence-corrected chi connectivity index (χ1v) is 6.01. The predicted octanol–water partition coefficient (Wildman–Crippen LogP) is 1.35. The Morgan fingerprint density at radius 3 is 2.88 bits per heavy atom. The minimum Gasteiger partial charge on any atom is -0.396 e. The Hall–Kier alpha value is -1.39. The van der Waals surface area contributed by atoms with Crippen molar-refractivity contribution >= 4 is 11.0 Å². The van der Waals surface area contributed by atoms with Crippen molar-refractivity contribution in [2.24, 2.45) is 12.8 Å². The number of aliphatic hydroxyl groups excluding tert-OH is 1. The Labute approximate surface area is 101 Å². The molecule has 92 valence electrons. The topological polar surface area (TPSA) is 64.1 Å². The van der Waals surface area contributed by atoms with Gasteiger partial charge >= 0.3 is 0 Å². The van der Waals surface area contributed by atoms with Crippen molar-refractivity contribution in [3.05, 3.63) is 29.6 Å². The van der Waals surface area contributed by atoms with Gasteiger partial charge in [-0.2, -0.15) is 0 Å². The van der Waals surface area contributed by atoms with E-state index in [1.54, 1.807) is 0 Å². The molecule has 1 heterocycles. The van der Waals surface area contributed by atoms with E-state index in [2.05, 4.69) is 15.6 Å². The second-order valence-electron chi connectivity index (χ2n) is 4.29. The first-order valence-electron chi connectivity index (χ1n) is 6.01. The zero-order valence-electron chi connectivity index (χ0n) is 10.2. The molecule has 0 aliphatic carbocycles. The van der Waals surface area contributed by atoms with Crippen molar-refractivity contribution in [3.8, 4) is 0 Å². The number of imidazole rings is 1. The number of nitrogens with two attached hydrogens (primary N) is 1. The fourth-order valence-corrected chi connectivity index (χ4v) is 2.04. The van der Waals surface area contributed by atoms with Crippen LogP contribution in [0.2, 0.25) is 0 Å². The van der Waals surface area contributed by atoms with E-state index >= 15 is 0 Å². The number of aliphatic hydroxyl groups is 1. The van der Waals surface area contributed by atoms with E-state index in [9.17, 15) is 0 Å². The van der Waals surface area contributed by atoms with Crippen molar-refractivity contribution in [1.29, 1.82) is 0 Å². The van der Waals surface area contributed by atoms with Crippen LogP contribution in [0.1, 0.15) is 24.2 Å². The van der Waals surface area contributed by atoms with Gasteiger partial charge in [-0.15, -0.1) is 0 Å². The van der Waals surface area contributed by atoms with Gasteiger partial charge in [0.2, 0.25) is 0 Å². The summed E-state index contributed by atoms with van der Waals surface area (Å²) < 4.78 is 2.12. The molecule has 0 fully saturated rings. The molecule has 0 saturated carbocycles. The maximum absolute atomic E-state index is 8.78. The van der Waals surface area contributed by atoms with Gasteiger partial charge in [0.1, 0.15) is 5.82 Å². The smallest absolute Gasteiger partial charge is 0.109 e. The van der Waals surface area contributed by atoms with Crippen molar-refractivity contribution < 1.29 is 5.11 Å². The van der Waals surface area contributed by atoms with Crippen molar-refractivity contribution in [3.63, 3.8) is 0 Å². The van der Waals surface area contributed by atoms with Gasteiger partial charge in [0.15, 0.2) is 0 Å². The lowest BCUT2D eigenvalue weighted by molar-refractivity contribution is 0.284. The summed E-state index contributed by atoms with van der Waals surface area (Å²) in [6.45, 7) is 0.799. The normalized spacial score (nSPS) is 11.2. The summed E-state index contributed by atoms with van der Waals surface area (Å²) in [5.74, 6) is 1.07. The minimum atomic E-state index is 0.251. The van der Waals surface area contributed by atoms with Gasteiger partial charge in [0.05, 0.1) is 11.0 Å². The summed E-state index contributed by atoms with van der Waals surface area (Å²) >= 11 is 0. The molecule has 0 radical (unpaired) electrons. The third-order valence-electron chi connectivity index (χ3n) is 3.08. The number of fused-ring (bicyclic) bond motifs is 1. The van der Waals surface area contributed by atoms with Gasteiger partial charge in [-0.3, -0.25) is 0 Å². The third kappa shape index (κ3) is 2.48. The van der Waals surface area contributed by atoms with Gasteiger partial charge in [-0.05, 0) is 30.5 Å². The molecule has 0 amide bonds. The summed E-state index contributed by atoms with van der Waals surface area (Å²) in [5.41, 5.74) is 8.88. The van der Waals surface area contributed by atoms with Crippen LogP contribution in [-0.4, -0.2) is 21.3 Å². The van der Waals surface area contributed by atoms with Gasteiger partial charge in [0, 0.05) is 26.6 Å². The van der Waals surface area contributed by atoms with Crippen LogP contribution in [0.5, 0.6) is 0 Å². The molecule has 0 saturated heterocycles. The fourth-order valence-electron chi connectivity index (χ4n) is 2.04. The number of unbranched alkanes of at least 4 members (excludes halogenated alkanes) is 1. The molecule has 2 aromatic rings. The van der Waals surface area contributed by atoms with Gasteiger partial charge in [-0.25, -0.2) is 4.98 Å². The Bertz CT molecular complexity index is 505. The highest BCUT2D eigenvalue weighted by molar-refractivity contribution is 5.76. The molecule has 2 rings (SSSR count). The van der Waals surface area contributed by atoms with E-state index in [1.807, 2.05) is 19.2 Å². The van der Waals surface area contributed by atoms with Gasteiger partial charge in [0.25, 0.3) is 0 Å². The van der Waals surface area contributed by atoms with Gasteiger partial charge in [-0.1, -0.05) is 6.07 Å².